The molecule has 2 aromatic rings. The summed E-state index contributed by atoms with van der Waals surface area (Å²) in [6.07, 6.45) is 1.63. The monoisotopic (exact) mass is 201 g/mol. The summed E-state index contributed by atoms with van der Waals surface area (Å²) in [4.78, 5) is 4.54. The van der Waals surface area contributed by atoms with Crippen molar-refractivity contribution in [1.29, 1.82) is 0 Å². The molecule has 0 unspecified atom stereocenters. The van der Waals surface area contributed by atoms with Gasteiger partial charge in [0.1, 0.15) is 0 Å². The van der Waals surface area contributed by atoms with E-state index in [9.17, 15) is 0 Å². The molecule has 15 heavy (non-hydrogen) atoms. The summed E-state index contributed by atoms with van der Waals surface area (Å²) in [5.41, 5.74) is 3.35. The van der Waals surface area contributed by atoms with Gasteiger partial charge >= 0.3 is 0 Å². The van der Waals surface area contributed by atoms with Gasteiger partial charge in [-0.15, -0.1) is 0 Å². The first-order valence-electron chi connectivity index (χ1n) is 5.27. The largest absolute Gasteiger partial charge is 0.396 e. The molecule has 0 radical (unpaired) electrons. The molecule has 78 valence electrons. The lowest BCUT2D eigenvalue weighted by Crippen LogP contribution is -1.93. The minimum atomic E-state index is 0.230. The number of fused-ring (bicyclic) bond motifs is 1. The van der Waals surface area contributed by atoms with Crippen LogP contribution in [-0.4, -0.2) is 16.7 Å². The summed E-state index contributed by atoms with van der Waals surface area (Å²) in [6.45, 7) is 2.31. The van der Waals surface area contributed by atoms with E-state index in [4.69, 9.17) is 5.11 Å². The Kier molecular flexibility index (Phi) is 2.97. The number of aliphatic hydroxyl groups excluding tert-OH is 1. The Morgan fingerprint density at radius 2 is 2.07 bits per heavy atom. The van der Waals surface area contributed by atoms with Gasteiger partial charge in [-0.1, -0.05) is 17.7 Å². The summed E-state index contributed by atoms with van der Waals surface area (Å²) in [6, 6.07) is 10.4. The van der Waals surface area contributed by atoms with E-state index < -0.39 is 0 Å². The molecule has 1 aromatic carbocycles. The molecule has 0 aliphatic rings. The predicted molar refractivity (Wildman–Crippen MR) is 61.9 cm³/mol. The molecule has 0 aliphatic heterocycles. The Bertz CT molecular complexity index is 465. The van der Waals surface area contributed by atoms with Crippen LogP contribution in [-0.2, 0) is 6.42 Å². The Balaban J connectivity index is 2.34. The van der Waals surface area contributed by atoms with Crippen LogP contribution < -0.4 is 0 Å². The second kappa shape index (κ2) is 4.41. The highest BCUT2D eigenvalue weighted by atomic mass is 16.2. The lowest BCUT2D eigenvalue weighted by Gasteiger charge is -2.02. The quantitative estimate of drug-likeness (QED) is 0.827. The predicted octanol–water partition coefficient (Wildman–Crippen LogP) is 2.47. The normalized spacial score (nSPS) is 10.8. The van der Waals surface area contributed by atoms with E-state index >= 15 is 0 Å². The molecule has 1 heterocycles. The van der Waals surface area contributed by atoms with E-state index in [1.54, 1.807) is 0 Å². The molecule has 2 rings (SSSR count). The van der Waals surface area contributed by atoms with Gasteiger partial charge in [-0.25, -0.2) is 0 Å². The molecule has 0 bridgehead atoms. The van der Waals surface area contributed by atoms with Crippen molar-refractivity contribution in [2.45, 2.75) is 19.8 Å². The summed E-state index contributed by atoms with van der Waals surface area (Å²) >= 11 is 0. The van der Waals surface area contributed by atoms with Crippen molar-refractivity contribution >= 4 is 10.9 Å². The molecule has 2 heteroatoms. The summed E-state index contributed by atoms with van der Waals surface area (Å²) in [7, 11) is 0. The first-order valence-corrected chi connectivity index (χ1v) is 5.27. The molecular weight excluding hydrogens is 186 g/mol. The SMILES string of the molecule is Cc1ccc2nc(CCCO)ccc2c1. The second-order valence-corrected chi connectivity index (χ2v) is 3.83. The maximum atomic E-state index is 8.75. The van der Waals surface area contributed by atoms with Crippen molar-refractivity contribution in [3.05, 3.63) is 41.6 Å². The first kappa shape index (κ1) is 10.1. The summed E-state index contributed by atoms with van der Waals surface area (Å²) in [5, 5.41) is 9.93. The van der Waals surface area contributed by atoms with Crippen LogP contribution in [0, 0.1) is 6.92 Å². The molecular formula is C13H15NO. The van der Waals surface area contributed by atoms with Gasteiger partial charge < -0.3 is 5.11 Å². The van der Waals surface area contributed by atoms with Crippen molar-refractivity contribution in [2.75, 3.05) is 6.61 Å². The van der Waals surface area contributed by atoms with E-state index in [-0.39, 0.29) is 6.61 Å². The van der Waals surface area contributed by atoms with Crippen molar-refractivity contribution < 1.29 is 5.11 Å². The number of pyridine rings is 1. The van der Waals surface area contributed by atoms with Gasteiger partial charge in [0, 0.05) is 17.7 Å². The van der Waals surface area contributed by atoms with E-state index in [2.05, 4.69) is 30.1 Å². The highest BCUT2D eigenvalue weighted by Crippen LogP contribution is 2.14. The Hall–Kier alpha value is -1.41. The number of hydrogen-bond acceptors (Lipinski definition) is 2. The minimum Gasteiger partial charge on any atom is -0.396 e. The van der Waals surface area contributed by atoms with E-state index in [0.717, 1.165) is 24.1 Å². The van der Waals surface area contributed by atoms with Crippen molar-refractivity contribution in [2.24, 2.45) is 0 Å². The molecule has 0 spiro atoms. The van der Waals surface area contributed by atoms with Gasteiger partial charge in [0.2, 0.25) is 0 Å². The van der Waals surface area contributed by atoms with Gasteiger partial charge in [-0.2, -0.15) is 0 Å². The Morgan fingerprint density at radius 3 is 2.87 bits per heavy atom. The molecule has 0 atom stereocenters. The molecule has 0 aliphatic carbocycles. The standard InChI is InChI=1S/C13H15NO/c1-10-4-7-13-11(9-10)5-6-12(14-13)3-2-8-15/h4-7,9,15H,2-3,8H2,1H3. The first-order chi connectivity index (χ1) is 7.29. The van der Waals surface area contributed by atoms with Gasteiger partial charge in [0.15, 0.2) is 0 Å². The zero-order chi connectivity index (χ0) is 10.7. The number of aliphatic hydroxyl groups is 1. The number of aromatic nitrogens is 1. The van der Waals surface area contributed by atoms with Crippen LogP contribution in [0.2, 0.25) is 0 Å². The van der Waals surface area contributed by atoms with Crippen LogP contribution in [0.25, 0.3) is 10.9 Å². The maximum Gasteiger partial charge on any atom is 0.0705 e. The van der Waals surface area contributed by atoms with Crippen LogP contribution >= 0.6 is 0 Å². The van der Waals surface area contributed by atoms with Gasteiger partial charge in [-0.05, 0) is 38.0 Å². The maximum absolute atomic E-state index is 8.75. The van der Waals surface area contributed by atoms with E-state index in [1.165, 1.54) is 10.9 Å². The van der Waals surface area contributed by atoms with Crippen LogP contribution in [0.1, 0.15) is 17.7 Å². The highest BCUT2D eigenvalue weighted by molar-refractivity contribution is 5.79. The second-order valence-electron chi connectivity index (χ2n) is 3.83. The molecule has 2 nitrogen and oxygen atoms in total. The number of benzene rings is 1. The average Bonchev–Trinajstić information content (AvgIpc) is 2.26. The average molecular weight is 201 g/mol. The summed E-state index contributed by atoms with van der Waals surface area (Å²) in [5.74, 6) is 0. The van der Waals surface area contributed by atoms with Gasteiger partial charge in [-0.3, -0.25) is 4.98 Å². The van der Waals surface area contributed by atoms with Crippen molar-refractivity contribution in [3.63, 3.8) is 0 Å². The highest BCUT2D eigenvalue weighted by Gasteiger charge is 1.98. The topological polar surface area (TPSA) is 33.1 Å². The Morgan fingerprint density at radius 1 is 1.20 bits per heavy atom. The van der Waals surface area contributed by atoms with Gasteiger partial charge in [0.25, 0.3) is 0 Å². The fourth-order valence-corrected chi connectivity index (χ4v) is 1.69. The molecule has 0 saturated heterocycles. The Labute approximate surface area is 89.6 Å². The lowest BCUT2D eigenvalue weighted by molar-refractivity contribution is 0.288. The van der Waals surface area contributed by atoms with Crippen molar-refractivity contribution in [3.8, 4) is 0 Å². The molecule has 0 amide bonds. The number of hydrogen-bond donors (Lipinski definition) is 1. The van der Waals surface area contributed by atoms with Gasteiger partial charge in [0.05, 0.1) is 5.52 Å². The van der Waals surface area contributed by atoms with E-state index in [1.807, 2.05) is 12.1 Å². The van der Waals surface area contributed by atoms with Crippen LogP contribution in [0.15, 0.2) is 30.3 Å². The fraction of sp³-hybridized carbons (Fsp3) is 0.308. The third-order valence-electron chi connectivity index (χ3n) is 2.49. The smallest absolute Gasteiger partial charge is 0.0705 e. The molecule has 0 fully saturated rings. The fourth-order valence-electron chi connectivity index (χ4n) is 1.69. The third kappa shape index (κ3) is 2.34. The van der Waals surface area contributed by atoms with Crippen LogP contribution in [0.3, 0.4) is 0 Å². The minimum absolute atomic E-state index is 0.230. The van der Waals surface area contributed by atoms with Crippen LogP contribution in [0.4, 0.5) is 0 Å². The third-order valence-corrected chi connectivity index (χ3v) is 2.49. The molecule has 1 N–H and O–H groups in total. The molecule has 0 saturated carbocycles. The van der Waals surface area contributed by atoms with Crippen molar-refractivity contribution in [1.82, 2.24) is 4.98 Å². The number of aryl methyl sites for hydroxylation is 2. The zero-order valence-corrected chi connectivity index (χ0v) is 8.90. The number of nitrogens with zero attached hydrogens (tertiary/aromatic N) is 1. The van der Waals surface area contributed by atoms with Crippen LogP contribution in [0.5, 0.6) is 0 Å². The zero-order valence-electron chi connectivity index (χ0n) is 8.90. The number of rotatable bonds is 3. The van der Waals surface area contributed by atoms with E-state index in [0.29, 0.717) is 0 Å². The molecule has 1 aromatic heterocycles. The lowest BCUT2D eigenvalue weighted by atomic mass is 10.1. The summed E-state index contributed by atoms with van der Waals surface area (Å²) < 4.78 is 0.